The van der Waals surface area contributed by atoms with Crippen LogP contribution in [0.3, 0.4) is 0 Å². The molecule has 4 nitrogen and oxygen atoms in total. The topological polar surface area (TPSA) is 39.3 Å². The Kier molecular flexibility index (Phi) is 3.73. The molecule has 5 saturated carbocycles. The molecule has 5 fully saturated rings. The van der Waals surface area contributed by atoms with Gasteiger partial charge in [0.05, 0.1) is 6.20 Å². The SMILES string of the molecule is O=c1ccn(C23CC4CC(C2)C(C2CC2)C(c2ccc(Cl)cc2Cl)(C4)C3)c2ccnn12. The van der Waals surface area contributed by atoms with E-state index in [-0.39, 0.29) is 16.5 Å². The summed E-state index contributed by atoms with van der Waals surface area (Å²) in [5.41, 5.74) is 2.25. The van der Waals surface area contributed by atoms with Crippen LogP contribution in [0.25, 0.3) is 5.65 Å². The summed E-state index contributed by atoms with van der Waals surface area (Å²) in [5, 5.41) is 5.84. The van der Waals surface area contributed by atoms with Crippen molar-refractivity contribution in [1.82, 2.24) is 14.2 Å². The minimum Gasteiger partial charge on any atom is -0.326 e. The van der Waals surface area contributed by atoms with Crippen molar-refractivity contribution in [3.63, 3.8) is 0 Å². The number of aromatic nitrogens is 3. The number of benzene rings is 1. The van der Waals surface area contributed by atoms with Gasteiger partial charge in [-0.05, 0) is 86.3 Å². The molecule has 5 atom stereocenters. The van der Waals surface area contributed by atoms with Crippen molar-refractivity contribution >= 4 is 28.8 Å². The Morgan fingerprint density at radius 1 is 1.03 bits per heavy atom. The van der Waals surface area contributed by atoms with Crippen LogP contribution in [0.4, 0.5) is 0 Å². The fraction of sp³-hybridized carbons (Fsp3) is 0.520. The molecule has 0 aliphatic heterocycles. The minimum atomic E-state index is -0.0627. The van der Waals surface area contributed by atoms with Crippen molar-refractivity contribution in [2.75, 3.05) is 0 Å². The van der Waals surface area contributed by atoms with Crippen molar-refractivity contribution in [1.29, 1.82) is 0 Å². The second-order valence-electron chi connectivity index (χ2n) is 10.6. The molecular weight excluding hydrogens is 429 g/mol. The Hall–Kier alpha value is -1.78. The lowest BCUT2D eigenvalue weighted by Crippen LogP contribution is -2.63. The number of rotatable bonds is 3. The third kappa shape index (κ3) is 2.49. The van der Waals surface area contributed by atoms with Gasteiger partial charge in [-0.25, -0.2) is 0 Å². The minimum absolute atomic E-state index is 0.00910. The normalized spacial score (nSPS) is 36.4. The van der Waals surface area contributed by atoms with Gasteiger partial charge in [0, 0.05) is 39.3 Å². The van der Waals surface area contributed by atoms with E-state index in [2.05, 4.69) is 15.7 Å². The first-order valence-corrected chi connectivity index (χ1v) is 12.3. The van der Waals surface area contributed by atoms with Gasteiger partial charge >= 0.3 is 0 Å². The van der Waals surface area contributed by atoms with E-state index in [9.17, 15) is 4.79 Å². The summed E-state index contributed by atoms with van der Waals surface area (Å²) < 4.78 is 3.94. The van der Waals surface area contributed by atoms with E-state index in [1.165, 1.54) is 44.1 Å². The second kappa shape index (κ2) is 6.17. The summed E-state index contributed by atoms with van der Waals surface area (Å²) in [5.74, 6) is 2.94. The fourth-order valence-corrected chi connectivity index (χ4v) is 8.94. The summed E-state index contributed by atoms with van der Waals surface area (Å²) in [4.78, 5) is 12.4. The predicted octanol–water partition coefficient (Wildman–Crippen LogP) is 5.69. The second-order valence-corrected chi connectivity index (χ2v) is 11.5. The molecule has 0 saturated heterocycles. The molecule has 0 amide bonds. The molecule has 4 bridgehead atoms. The van der Waals surface area contributed by atoms with Gasteiger partial charge in [-0.2, -0.15) is 9.61 Å². The molecule has 3 aromatic rings. The third-order valence-corrected chi connectivity index (χ3v) is 9.49. The smallest absolute Gasteiger partial charge is 0.274 e. The molecule has 6 heteroatoms. The van der Waals surface area contributed by atoms with Gasteiger partial charge in [0.2, 0.25) is 0 Å². The molecule has 31 heavy (non-hydrogen) atoms. The largest absolute Gasteiger partial charge is 0.326 e. The zero-order valence-corrected chi connectivity index (χ0v) is 18.8. The quantitative estimate of drug-likeness (QED) is 0.511. The number of nitrogens with zero attached hydrogens (tertiary/aromatic N) is 3. The number of fused-ring (bicyclic) bond motifs is 1. The van der Waals surface area contributed by atoms with Crippen LogP contribution in [0.5, 0.6) is 0 Å². The maximum absolute atomic E-state index is 12.4. The van der Waals surface area contributed by atoms with Gasteiger partial charge in [-0.15, -0.1) is 0 Å². The van der Waals surface area contributed by atoms with Crippen LogP contribution in [0.15, 0.2) is 47.5 Å². The first-order valence-electron chi connectivity index (χ1n) is 11.5. The van der Waals surface area contributed by atoms with E-state index in [4.69, 9.17) is 23.2 Å². The van der Waals surface area contributed by atoms with E-state index >= 15 is 0 Å². The van der Waals surface area contributed by atoms with Crippen LogP contribution in [0, 0.1) is 23.7 Å². The van der Waals surface area contributed by atoms with Crippen LogP contribution in [0.1, 0.15) is 50.5 Å². The maximum Gasteiger partial charge on any atom is 0.274 e. The molecule has 0 radical (unpaired) electrons. The number of halogens is 2. The molecule has 0 spiro atoms. The average Bonchev–Trinajstić information content (AvgIpc) is 3.41. The Morgan fingerprint density at radius 3 is 2.71 bits per heavy atom. The van der Waals surface area contributed by atoms with Gasteiger partial charge in [0.25, 0.3) is 5.56 Å². The highest BCUT2D eigenvalue weighted by Gasteiger charge is 2.66. The van der Waals surface area contributed by atoms with Crippen LogP contribution in [-0.4, -0.2) is 14.2 Å². The van der Waals surface area contributed by atoms with E-state index in [1.807, 2.05) is 24.4 Å². The molecule has 1 aromatic carbocycles. The Morgan fingerprint density at radius 2 is 1.90 bits per heavy atom. The van der Waals surface area contributed by atoms with Crippen molar-refractivity contribution in [2.24, 2.45) is 23.7 Å². The first-order chi connectivity index (χ1) is 15.0. The van der Waals surface area contributed by atoms with Crippen molar-refractivity contribution in [3.8, 4) is 0 Å². The first kappa shape index (κ1) is 18.8. The van der Waals surface area contributed by atoms with Gasteiger partial charge in [-0.3, -0.25) is 4.79 Å². The molecule has 160 valence electrons. The monoisotopic (exact) mass is 453 g/mol. The number of hydrogen-bond donors (Lipinski definition) is 0. The fourth-order valence-electron chi connectivity index (χ4n) is 8.34. The summed E-state index contributed by atoms with van der Waals surface area (Å²) in [6.45, 7) is 0. The van der Waals surface area contributed by atoms with Crippen LogP contribution < -0.4 is 5.56 Å². The zero-order valence-electron chi connectivity index (χ0n) is 17.3. The zero-order chi connectivity index (χ0) is 21.0. The Labute approximate surface area is 191 Å². The van der Waals surface area contributed by atoms with E-state index in [1.54, 1.807) is 16.8 Å². The van der Waals surface area contributed by atoms with E-state index in [0.717, 1.165) is 23.0 Å². The van der Waals surface area contributed by atoms with Gasteiger partial charge in [0.1, 0.15) is 5.65 Å². The lowest BCUT2D eigenvalue weighted by molar-refractivity contribution is -0.113. The molecule has 5 unspecified atom stereocenters. The van der Waals surface area contributed by atoms with E-state index in [0.29, 0.717) is 22.8 Å². The summed E-state index contributed by atoms with van der Waals surface area (Å²) in [6, 6.07) is 9.83. The highest BCUT2D eigenvalue weighted by molar-refractivity contribution is 6.35. The highest BCUT2D eigenvalue weighted by atomic mass is 35.5. The molecule has 0 N–H and O–H groups in total. The standard InChI is InChI=1S/C25H25Cl2N3O/c26-18-3-4-19(20(27)10-18)25-12-15-9-17(23(25)16-1-2-16)13-24(11-15,14-25)29-8-6-22(31)30-21(29)5-7-28-30/h3-8,10,15-17,23H,1-2,9,11-14H2. The van der Waals surface area contributed by atoms with Crippen molar-refractivity contribution < 1.29 is 0 Å². The molecule has 5 aliphatic rings. The van der Waals surface area contributed by atoms with Crippen LogP contribution in [-0.2, 0) is 11.0 Å². The lowest BCUT2D eigenvalue weighted by Gasteiger charge is -2.67. The molecule has 2 heterocycles. The van der Waals surface area contributed by atoms with Crippen molar-refractivity contribution in [3.05, 3.63) is 68.7 Å². The summed E-state index contributed by atoms with van der Waals surface area (Å²) in [6.07, 6.45) is 12.5. The predicted molar refractivity (Wildman–Crippen MR) is 122 cm³/mol. The van der Waals surface area contributed by atoms with E-state index < -0.39 is 0 Å². The summed E-state index contributed by atoms with van der Waals surface area (Å²) >= 11 is 13.2. The maximum atomic E-state index is 12.4. The molecular formula is C25H25Cl2N3O. The third-order valence-electron chi connectivity index (χ3n) is 8.94. The molecule has 5 aliphatic carbocycles. The van der Waals surface area contributed by atoms with Crippen LogP contribution >= 0.6 is 23.2 Å². The van der Waals surface area contributed by atoms with Crippen LogP contribution in [0.2, 0.25) is 10.0 Å². The van der Waals surface area contributed by atoms with Gasteiger partial charge < -0.3 is 4.57 Å². The van der Waals surface area contributed by atoms with Gasteiger partial charge in [0.15, 0.2) is 0 Å². The summed E-state index contributed by atoms with van der Waals surface area (Å²) in [7, 11) is 0. The number of hydrogen-bond acceptors (Lipinski definition) is 2. The van der Waals surface area contributed by atoms with Crippen molar-refractivity contribution in [2.45, 2.75) is 55.9 Å². The molecule has 2 aromatic heterocycles. The van der Waals surface area contributed by atoms with Gasteiger partial charge in [-0.1, -0.05) is 29.3 Å². The Bertz CT molecular complexity index is 1280. The Balaban J connectivity index is 1.46. The highest BCUT2D eigenvalue weighted by Crippen LogP contribution is 2.71. The average molecular weight is 454 g/mol. The lowest BCUT2D eigenvalue weighted by atomic mass is 9.40. The molecule has 8 rings (SSSR count).